The summed E-state index contributed by atoms with van der Waals surface area (Å²) in [6.07, 6.45) is 3.60. The normalized spacial score (nSPS) is 12.2. The lowest BCUT2D eigenvalue weighted by molar-refractivity contribution is 0.315. The Morgan fingerprint density at radius 2 is 1.69 bits per heavy atom. The minimum atomic E-state index is -1.14. The van der Waals surface area contributed by atoms with Crippen LogP contribution in [0.4, 0.5) is 0 Å². The second-order valence-corrected chi connectivity index (χ2v) is 3.14. The first-order valence-corrected chi connectivity index (χ1v) is 4.49. The minimum absolute atomic E-state index is 0.0119. The molecule has 1 aromatic rings. The Morgan fingerprint density at radius 3 is 2.12 bits per heavy atom. The Labute approximate surface area is 92.6 Å². The Balaban J connectivity index is 3.41. The molecule has 0 saturated carbocycles. The van der Waals surface area contributed by atoms with Gasteiger partial charge in [0, 0.05) is 5.56 Å². The van der Waals surface area contributed by atoms with E-state index in [1.165, 1.54) is 12.1 Å². The third-order valence-corrected chi connectivity index (χ3v) is 2.25. The summed E-state index contributed by atoms with van der Waals surface area (Å²) < 4.78 is 0. The van der Waals surface area contributed by atoms with Crippen LogP contribution in [-0.4, -0.2) is 28.0 Å². The molecule has 84 valence electrons. The average Bonchev–Trinajstić information content (AvgIpc) is 2.29. The molecule has 0 fully saturated rings. The van der Waals surface area contributed by atoms with Crippen molar-refractivity contribution < 1.29 is 15.5 Å². The van der Waals surface area contributed by atoms with E-state index in [0.29, 0.717) is 5.56 Å². The Morgan fingerprint density at radius 1 is 1.12 bits per heavy atom. The van der Waals surface area contributed by atoms with Crippen LogP contribution in [-0.2, 0) is 5.41 Å². The van der Waals surface area contributed by atoms with E-state index in [2.05, 4.69) is 16.9 Å². The van der Waals surface area contributed by atoms with Crippen molar-refractivity contribution in [2.24, 2.45) is 10.3 Å². The number of oxime groups is 2. The van der Waals surface area contributed by atoms with Gasteiger partial charge < -0.3 is 15.5 Å². The van der Waals surface area contributed by atoms with E-state index in [1.54, 1.807) is 18.2 Å². The Bertz CT molecular complexity index is 415. The number of rotatable bonds is 4. The van der Waals surface area contributed by atoms with Gasteiger partial charge in [-0.1, -0.05) is 24.3 Å². The molecule has 0 aliphatic rings. The molecule has 0 unspecified atom stereocenters. The van der Waals surface area contributed by atoms with Gasteiger partial charge >= 0.3 is 0 Å². The van der Waals surface area contributed by atoms with Gasteiger partial charge in [0.05, 0.1) is 17.8 Å². The fourth-order valence-corrected chi connectivity index (χ4v) is 1.42. The van der Waals surface area contributed by atoms with Crippen molar-refractivity contribution in [1.29, 1.82) is 0 Å². The molecular weight excluding hydrogens is 208 g/mol. The number of allylic oxidation sites excluding steroid dienone is 1. The quantitative estimate of drug-likeness (QED) is 0.312. The molecule has 0 aromatic heterocycles. The third kappa shape index (κ3) is 2.03. The SMILES string of the molecule is C=CC(/C=N\O)(/C=N\O)c1ccccc1O. The van der Waals surface area contributed by atoms with Crippen molar-refractivity contribution in [2.45, 2.75) is 5.41 Å². The van der Waals surface area contributed by atoms with E-state index in [-0.39, 0.29) is 5.75 Å². The lowest BCUT2D eigenvalue weighted by atomic mass is 9.82. The summed E-state index contributed by atoms with van der Waals surface area (Å²) in [7, 11) is 0. The van der Waals surface area contributed by atoms with Crippen LogP contribution in [0.1, 0.15) is 5.56 Å². The molecule has 0 aliphatic carbocycles. The van der Waals surface area contributed by atoms with E-state index in [9.17, 15) is 5.11 Å². The van der Waals surface area contributed by atoms with Crippen molar-refractivity contribution in [3.63, 3.8) is 0 Å². The first kappa shape index (κ1) is 11.8. The van der Waals surface area contributed by atoms with Gasteiger partial charge in [0.2, 0.25) is 0 Å². The molecule has 16 heavy (non-hydrogen) atoms. The van der Waals surface area contributed by atoms with Gasteiger partial charge in [-0.05, 0) is 6.07 Å². The maximum atomic E-state index is 9.70. The van der Waals surface area contributed by atoms with Crippen LogP contribution in [0.5, 0.6) is 5.75 Å². The second kappa shape index (κ2) is 4.97. The van der Waals surface area contributed by atoms with Gasteiger partial charge in [-0.3, -0.25) is 0 Å². The lowest BCUT2D eigenvalue weighted by Gasteiger charge is -2.21. The summed E-state index contributed by atoms with van der Waals surface area (Å²) in [6.45, 7) is 3.57. The first-order chi connectivity index (χ1) is 7.70. The molecule has 0 spiro atoms. The summed E-state index contributed by atoms with van der Waals surface area (Å²) in [5.74, 6) is -0.0119. The lowest BCUT2D eigenvalue weighted by Crippen LogP contribution is -2.27. The van der Waals surface area contributed by atoms with Crippen LogP contribution in [0.3, 0.4) is 0 Å². The largest absolute Gasteiger partial charge is 0.508 e. The van der Waals surface area contributed by atoms with Gasteiger partial charge in [-0.15, -0.1) is 16.9 Å². The summed E-state index contributed by atoms with van der Waals surface area (Å²) in [4.78, 5) is 0. The van der Waals surface area contributed by atoms with Gasteiger partial charge in [-0.2, -0.15) is 0 Å². The number of benzene rings is 1. The van der Waals surface area contributed by atoms with E-state index >= 15 is 0 Å². The molecule has 0 amide bonds. The minimum Gasteiger partial charge on any atom is -0.508 e. The topological polar surface area (TPSA) is 85.4 Å². The van der Waals surface area contributed by atoms with Crippen LogP contribution < -0.4 is 0 Å². The number of aromatic hydroxyl groups is 1. The van der Waals surface area contributed by atoms with E-state index < -0.39 is 5.41 Å². The summed E-state index contributed by atoms with van der Waals surface area (Å²) in [5, 5.41) is 32.7. The van der Waals surface area contributed by atoms with Crippen molar-refractivity contribution in [3.05, 3.63) is 42.5 Å². The highest BCUT2D eigenvalue weighted by Crippen LogP contribution is 2.29. The molecule has 0 aliphatic heterocycles. The van der Waals surface area contributed by atoms with Crippen LogP contribution in [0.25, 0.3) is 0 Å². The summed E-state index contributed by atoms with van der Waals surface area (Å²) in [6, 6.07) is 6.44. The summed E-state index contributed by atoms with van der Waals surface area (Å²) in [5.41, 5.74) is -0.741. The van der Waals surface area contributed by atoms with Crippen molar-refractivity contribution in [3.8, 4) is 5.75 Å². The Kier molecular flexibility index (Phi) is 3.66. The van der Waals surface area contributed by atoms with Crippen molar-refractivity contribution >= 4 is 12.4 Å². The molecule has 5 heteroatoms. The second-order valence-electron chi connectivity index (χ2n) is 3.14. The number of hydrogen-bond acceptors (Lipinski definition) is 5. The highest BCUT2D eigenvalue weighted by molar-refractivity contribution is 5.99. The third-order valence-electron chi connectivity index (χ3n) is 2.25. The van der Waals surface area contributed by atoms with E-state index in [1.807, 2.05) is 0 Å². The van der Waals surface area contributed by atoms with Crippen LogP contribution >= 0.6 is 0 Å². The molecular formula is C11H12N2O3. The molecule has 1 rings (SSSR count). The monoisotopic (exact) mass is 220 g/mol. The average molecular weight is 220 g/mol. The molecule has 3 N–H and O–H groups in total. The highest BCUT2D eigenvalue weighted by Gasteiger charge is 2.28. The van der Waals surface area contributed by atoms with Crippen LogP contribution in [0.2, 0.25) is 0 Å². The first-order valence-electron chi connectivity index (χ1n) is 4.49. The molecule has 5 nitrogen and oxygen atoms in total. The predicted molar refractivity (Wildman–Crippen MR) is 60.5 cm³/mol. The van der Waals surface area contributed by atoms with E-state index in [0.717, 1.165) is 12.4 Å². The van der Waals surface area contributed by atoms with Gasteiger partial charge in [0.25, 0.3) is 0 Å². The van der Waals surface area contributed by atoms with Gasteiger partial charge in [0.15, 0.2) is 0 Å². The zero-order valence-electron chi connectivity index (χ0n) is 8.48. The number of para-hydroxylation sites is 1. The van der Waals surface area contributed by atoms with Gasteiger partial charge in [-0.25, -0.2) is 0 Å². The van der Waals surface area contributed by atoms with E-state index in [4.69, 9.17) is 10.4 Å². The molecule has 0 heterocycles. The number of nitrogens with zero attached hydrogens (tertiary/aromatic N) is 2. The number of hydrogen-bond donors (Lipinski definition) is 3. The zero-order valence-corrected chi connectivity index (χ0v) is 8.48. The molecule has 1 aromatic carbocycles. The fourth-order valence-electron chi connectivity index (χ4n) is 1.42. The molecule has 0 radical (unpaired) electrons. The maximum Gasteiger partial charge on any atom is 0.120 e. The van der Waals surface area contributed by atoms with Crippen LogP contribution in [0.15, 0.2) is 47.2 Å². The van der Waals surface area contributed by atoms with Crippen molar-refractivity contribution in [2.75, 3.05) is 0 Å². The van der Waals surface area contributed by atoms with Crippen LogP contribution in [0, 0.1) is 0 Å². The highest BCUT2D eigenvalue weighted by atomic mass is 16.4. The molecule has 0 bridgehead atoms. The maximum absolute atomic E-state index is 9.70. The van der Waals surface area contributed by atoms with Crippen molar-refractivity contribution in [1.82, 2.24) is 0 Å². The fraction of sp³-hybridized carbons (Fsp3) is 0.0909. The van der Waals surface area contributed by atoms with Gasteiger partial charge in [0.1, 0.15) is 5.75 Å². The molecule has 0 saturated heterocycles. The number of phenolic OH excluding ortho intramolecular Hbond substituents is 1. The smallest absolute Gasteiger partial charge is 0.120 e. The number of phenols is 1. The zero-order chi connectivity index (χ0) is 12.0. The predicted octanol–water partition coefficient (Wildman–Crippen LogP) is 1.74. The standard InChI is InChI=1S/C11H12N2O3/c1-2-11(7-12-15,8-13-16)9-5-3-4-6-10(9)14/h2-8,14-16H,1H2/b12-7-,13-8-. The molecule has 0 atom stereocenters. The Hall–Kier alpha value is -2.30. The summed E-state index contributed by atoms with van der Waals surface area (Å²) >= 11 is 0.